The molecule has 1 aliphatic heterocycles. The molecule has 2 heterocycles. The maximum absolute atomic E-state index is 13.4. The van der Waals surface area contributed by atoms with Gasteiger partial charge in [0.15, 0.2) is 5.76 Å². The summed E-state index contributed by atoms with van der Waals surface area (Å²) in [5, 5.41) is -0.228. The van der Waals surface area contributed by atoms with E-state index in [2.05, 4.69) is 0 Å². The van der Waals surface area contributed by atoms with Crippen molar-refractivity contribution in [2.75, 3.05) is 12.8 Å². The molecule has 0 spiro atoms. The number of ether oxygens (including phenoxy) is 1. The zero-order valence-corrected chi connectivity index (χ0v) is 21.5. The number of amides is 2. The topological polar surface area (TPSA) is 97.1 Å². The van der Waals surface area contributed by atoms with Gasteiger partial charge in [0.05, 0.1) is 35.7 Å². The van der Waals surface area contributed by atoms with Gasteiger partial charge in [-0.1, -0.05) is 0 Å². The highest BCUT2D eigenvalue weighted by Crippen LogP contribution is 2.44. The van der Waals surface area contributed by atoms with Crippen LogP contribution in [0.3, 0.4) is 0 Å². The number of hydrogen-bond acceptors (Lipinski definition) is 6. The summed E-state index contributed by atoms with van der Waals surface area (Å²) in [5.41, 5.74) is 0. The van der Waals surface area contributed by atoms with Crippen molar-refractivity contribution < 1.29 is 27.2 Å². The molecule has 3 fully saturated rings. The van der Waals surface area contributed by atoms with Gasteiger partial charge in [-0.15, -0.1) is 0 Å². The van der Waals surface area contributed by atoms with E-state index in [0.717, 1.165) is 32.1 Å². The summed E-state index contributed by atoms with van der Waals surface area (Å²) < 4.78 is 35.0. The van der Waals surface area contributed by atoms with Gasteiger partial charge in [0, 0.05) is 12.8 Å². The molecule has 0 aromatic carbocycles. The minimum Gasteiger partial charge on any atom is -0.459 e. The quantitative estimate of drug-likeness (QED) is 0.625. The zero-order valence-electron chi connectivity index (χ0n) is 20.7. The molecule has 0 N–H and O–H groups in total. The van der Waals surface area contributed by atoms with Gasteiger partial charge < -0.3 is 14.1 Å². The average Bonchev–Trinajstić information content (AvgIpc) is 3.31. The van der Waals surface area contributed by atoms with Crippen molar-refractivity contribution in [2.24, 2.45) is 11.8 Å². The fraction of sp³-hybridized carbons (Fsp3) is 0.760. The zero-order chi connectivity index (χ0) is 24.6. The molecule has 190 valence electrons. The van der Waals surface area contributed by atoms with Crippen LogP contribution in [-0.4, -0.2) is 72.5 Å². The Labute approximate surface area is 202 Å². The van der Waals surface area contributed by atoms with E-state index in [1.807, 2.05) is 30.6 Å². The molecular formula is C25H38N2O6S. The van der Waals surface area contributed by atoms with E-state index < -0.39 is 9.84 Å². The third-order valence-electron chi connectivity index (χ3n) is 8.05. The van der Waals surface area contributed by atoms with Gasteiger partial charge in [0.2, 0.25) is 0 Å². The van der Waals surface area contributed by atoms with Crippen LogP contribution in [-0.2, 0) is 14.6 Å². The Hall–Kier alpha value is -2.03. The lowest BCUT2D eigenvalue weighted by Crippen LogP contribution is -2.67. The Morgan fingerprint density at radius 2 is 1.74 bits per heavy atom. The Morgan fingerprint density at radius 1 is 1.06 bits per heavy atom. The van der Waals surface area contributed by atoms with Crippen molar-refractivity contribution in [3.63, 3.8) is 0 Å². The van der Waals surface area contributed by atoms with Crippen LogP contribution >= 0.6 is 0 Å². The number of piperazine rings is 1. The second-order valence-corrected chi connectivity index (χ2v) is 13.0. The number of furan rings is 1. The molecule has 3 aliphatic rings. The first-order valence-corrected chi connectivity index (χ1v) is 14.5. The molecule has 3 unspecified atom stereocenters. The minimum absolute atomic E-state index is 0.0995. The summed E-state index contributed by atoms with van der Waals surface area (Å²) >= 11 is 0. The molecule has 1 saturated heterocycles. The summed E-state index contributed by atoms with van der Waals surface area (Å²) in [6.45, 7) is 6.10. The van der Waals surface area contributed by atoms with E-state index in [-0.39, 0.29) is 41.5 Å². The Bertz CT molecular complexity index is 968. The van der Waals surface area contributed by atoms with Gasteiger partial charge in [0.25, 0.3) is 5.91 Å². The van der Waals surface area contributed by atoms with E-state index in [4.69, 9.17) is 9.15 Å². The summed E-state index contributed by atoms with van der Waals surface area (Å²) in [6, 6.07) is 3.04. The van der Waals surface area contributed by atoms with Gasteiger partial charge in [0.1, 0.15) is 9.84 Å². The number of carbonyl (C=O) groups is 2. The van der Waals surface area contributed by atoms with Crippen LogP contribution in [0.1, 0.15) is 76.3 Å². The third kappa shape index (κ3) is 5.14. The second kappa shape index (κ2) is 9.91. The van der Waals surface area contributed by atoms with Crippen LogP contribution in [0.4, 0.5) is 4.79 Å². The number of nitrogens with zero attached hydrogens (tertiary/aromatic N) is 2. The highest BCUT2D eigenvalue weighted by atomic mass is 32.2. The maximum atomic E-state index is 13.4. The number of carbonyl (C=O) groups excluding carboxylic acids is 2. The van der Waals surface area contributed by atoms with E-state index >= 15 is 0 Å². The van der Waals surface area contributed by atoms with Crippen LogP contribution in [0.2, 0.25) is 0 Å². The Morgan fingerprint density at radius 3 is 2.32 bits per heavy atom. The van der Waals surface area contributed by atoms with Crippen molar-refractivity contribution in [2.45, 2.75) is 95.2 Å². The van der Waals surface area contributed by atoms with Crippen molar-refractivity contribution in [3.8, 4) is 0 Å². The summed E-state index contributed by atoms with van der Waals surface area (Å²) in [5.74, 6) is 1.05. The predicted octanol–water partition coefficient (Wildman–Crippen LogP) is 4.11. The summed E-state index contributed by atoms with van der Waals surface area (Å²) in [7, 11) is -3.00. The highest BCUT2D eigenvalue weighted by Gasteiger charge is 2.49. The number of fused-ring (bicyclic) bond motifs is 1. The van der Waals surface area contributed by atoms with Crippen LogP contribution < -0.4 is 0 Å². The molecule has 4 rings (SSSR count). The molecular weight excluding hydrogens is 456 g/mol. The Balaban J connectivity index is 1.54. The molecule has 1 aromatic rings. The van der Waals surface area contributed by atoms with Crippen molar-refractivity contribution in [1.82, 2.24) is 9.80 Å². The molecule has 0 bridgehead atoms. The number of sulfone groups is 1. The largest absolute Gasteiger partial charge is 0.459 e. The summed E-state index contributed by atoms with van der Waals surface area (Å²) in [4.78, 5) is 30.2. The van der Waals surface area contributed by atoms with Crippen LogP contribution in [0.5, 0.6) is 0 Å². The molecule has 2 saturated carbocycles. The standard InChI is InChI=1S/C25H38N2O6S/c1-16(2)33-25(29)27-17(3)15-26(24(28)23-6-5-13-32-23)22-14-19(9-12-21(22)27)18-7-10-20(11-8-18)34(4,30)31/h5-6,13,16-22H,7-12,14-15H2,1-4H3/t17-,18?,19?,20?,21?,22?/m0/s1. The highest BCUT2D eigenvalue weighted by molar-refractivity contribution is 7.91. The lowest BCUT2D eigenvalue weighted by molar-refractivity contribution is -0.0445. The lowest BCUT2D eigenvalue weighted by Gasteiger charge is -2.54. The minimum atomic E-state index is -3.00. The first-order chi connectivity index (χ1) is 16.1. The van der Waals surface area contributed by atoms with Crippen molar-refractivity contribution >= 4 is 21.8 Å². The normalized spacial score (nSPS) is 32.4. The van der Waals surface area contributed by atoms with E-state index in [1.54, 1.807) is 12.1 Å². The predicted molar refractivity (Wildman–Crippen MR) is 128 cm³/mol. The molecule has 0 radical (unpaired) electrons. The van der Waals surface area contributed by atoms with Crippen molar-refractivity contribution in [3.05, 3.63) is 24.2 Å². The Kier molecular flexibility index (Phi) is 7.31. The molecule has 9 heteroatoms. The molecule has 4 atom stereocenters. The van der Waals surface area contributed by atoms with E-state index in [9.17, 15) is 18.0 Å². The fourth-order valence-corrected chi connectivity index (χ4v) is 7.55. The monoisotopic (exact) mass is 494 g/mol. The number of rotatable bonds is 4. The fourth-order valence-electron chi connectivity index (χ4n) is 6.43. The van der Waals surface area contributed by atoms with Crippen LogP contribution in [0, 0.1) is 11.8 Å². The first kappa shape index (κ1) is 25.1. The van der Waals surface area contributed by atoms with E-state index in [1.165, 1.54) is 12.5 Å². The lowest BCUT2D eigenvalue weighted by atomic mass is 9.69. The maximum Gasteiger partial charge on any atom is 0.410 e. The average molecular weight is 495 g/mol. The van der Waals surface area contributed by atoms with Gasteiger partial charge in [-0.3, -0.25) is 9.69 Å². The van der Waals surface area contributed by atoms with Gasteiger partial charge in [-0.2, -0.15) is 0 Å². The molecule has 2 aliphatic carbocycles. The summed E-state index contributed by atoms with van der Waals surface area (Å²) in [6.07, 6.45) is 8.16. The smallest absolute Gasteiger partial charge is 0.410 e. The SMILES string of the molecule is CC(C)OC(=O)N1C2CCC(C3CCC(S(C)(=O)=O)CC3)CC2N(C(=O)c2ccco2)C[C@@H]1C. The molecule has 34 heavy (non-hydrogen) atoms. The van der Waals surface area contributed by atoms with Gasteiger partial charge in [-0.05, 0) is 89.7 Å². The number of hydrogen-bond donors (Lipinski definition) is 0. The molecule has 8 nitrogen and oxygen atoms in total. The second-order valence-electron chi connectivity index (χ2n) is 10.7. The van der Waals surface area contributed by atoms with Gasteiger partial charge >= 0.3 is 6.09 Å². The van der Waals surface area contributed by atoms with Gasteiger partial charge in [-0.25, -0.2) is 13.2 Å². The molecule has 1 aromatic heterocycles. The van der Waals surface area contributed by atoms with Crippen LogP contribution in [0.15, 0.2) is 22.8 Å². The van der Waals surface area contributed by atoms with Crippen molar-refractivity contribution in [1.29, 1.82) is 0 Å². The van der Waals surface area contributed by atoms with E-state index in [0.29, 0.717) is 37.0 Å². The molecule has 2 amide bonds. The van der Waals surface area contributed by atoms with Crippen LogP contribution in [0.25, 0.3) is 0 Å². The first-order valence-electron chi connectivity index (χ1n) is 12.6. The third-order valence-corrected chi connectivity index (χ3v) is 9.73.